The minimum atomic E-state index is 0.475. The first-order chi connectivity index (χ1) is 12.8. The van der Waals surface area contributed by atoms with Gasteiger partial charge >= 0.3 is 0 Å². The first-order valence-corrected chi connectivity index (χ1v) is 8.98. The molecule has 1 aromatic carbocycles. The van der Waals surface area contributed by atoms with Gasteiger partial charge in [0, 0.05) is 37.3 Å². The third-order valence-corrected chi connectivity index (χ3v) is 4.95. The van der Waals surface area contributed by atoms with Gasteiger partial charge in [0.05, 0.1) is 11.2 Å². The molecular weight excluding hydrogens is 324 g/mol. The van der Waals surface area contributed by atoms with E-state index >= 15 is 0 Å². The molecule has 1 fully saturated rings. The number of hydrogen-bond acceptors (Lipinski definition) is 5. The number of para-hydroxylation sites is 1. The number of nitrogens with zero attached hydrogens (tertiary/aromatic N) is 5. The summed E-state index contributed by atoms with van der Waals surface area (Å²) in [6.45, 7) is 5.19. The molecule has 1 atom stereocenters. The second-order valence-corrected chi connectivity index (χ2v) is 6.80. The lowest BCUT2D eigenvalue weighted by molar-refractivity contribution is 0.485. The Morgan fingerprint density at radius 1 is 1.04 bits per heavy atom. The fraction of sp³-hybridized carbons (Fsp3) is 0.250. The summed E-state index contributed by atoms with van der Waals surface area (Å²) in [6.07, 6.45) is 1.97. The summed E-state index contributed by atoms with van der Waals surface area (Å²) in [7, 11) is 0. The summed E-state index contributed by atoms with van der Waals surface area (Å²) in [6, 6.07) is 16.9. The zero-order valence-corrected chi connectivity index (χ0v) is 14.6. The molecule has 5 rings (SSSR count). The van der Waals surface area contributed by atoms with Gasteiger partial charge in [-0.3, -0.25) is 4.40 Å². The van der Waals surface area contributed by atoms with Crippen LogP contribution in [-0.4, -0.2) is 45.3 Å². The maximum atomic E-state index is 4.98. The highest BCUT2D eigenvalue weighted by Crippen LogP contribution is 2.28. The minimum absolute atomic E-state index is 0.475. The van der Waals surface area contributed by atoms with E-state index in [0.29, 0.717) is 6.04 Å². The number of fused-ring (bicyclic) bond motifs is 2. The maximum Gasteiger partial charge on any atom is 0.187 e. The molecule has 4 aromatic rings. The summed E-state index contributed by atoms with van der Waals surface area (Å²) >= 11 is 0. The molecule has 130 valence electrons. The van der Waals surface area contributed by atoms with Crippen molar-refractivity contribution in [3.63, 3.8) is 0 Å². The molecule has 1 saturated heterocycles. The average Bonchev–Trinajstić information content (AvgIpc) is 3.11. The number of anilines is 1. The fourth-order valence-corrected chi connectivity index (χ4v) is 3.68. The van der Waals surface area contributed by atoms with E-state index in [1.165, 1.54) is 5.69 Å². The summed E-state index contributed by atoms with van der Waals surface area (Å²) in [5, 5.41) is 13.2. The molecular formula is C20H20N6. The number of benzene rings is 1. The number of aromatic nitrogens is 4. The van der Waals surface area contributed by atoms with Gasteiger partial charge < -0.3 is 10.2 Å². The molecule has 1 aliphatic heterocycles. The van der Waals surface area contributed by atoms with Crippen LogP contribution in [0, 0.1) is 0 Å². The fourth-order valence-electron chi connectivity index (χ4n) is 3.68. The zero-order chi connectivity index (χ0) is 17.5. The van der Waals surface area contributed by atoms with Gasteiger partial charge in [-0.15, -0.1) is 10.2 Å². The second-order valence-electron chi connectivity index (χ2n) is 6.80. The molecule has 6 nitrogen and oxygen atoms in total. The van der Waals surface area contributed by atoms with E-state index in [0.717, 1.165) is 47.7 Å². The van der Waals surface area contributed by atoms with Crippen LogP contribution in [0.1, 0.15) is 6.92 Å². The van der Waals surface area contributed by atoms with Gasteiger partial charge in [0.25, 0.3) is 0 Å². The van der Waals surface area contributed by atoms with Crippen molar-refractivity contribution in [2.45, 2.75) is 13.0 Å². The second kappa shape index (κ2) is 6.07. The Labute approximate surface area is 151 Å². The maximum absolute atomic E-state index is 4.98. The molecule has 0 saturated carbocycles. The molecule has 0 spiro atoms. The number of piperazine rings is 1. The van der Waals surface area contributed by atoms with Crippen molar-refractivity contribution in [1.29, 1.82) is 0 Å². The number of nitrogens with one attached hydrogen (secondary N) is 1. The Kier molecular flexibility index (Phi) is 3.57. The Balaban J connectivity index is 1.66. The Bertz CT molecular complexity index is 1090. The summed E-state index contributed by atoms with van der Waals surface area (Å²) in [5.41, 5.74) is 3.87. The topological polar surface area (TPSA) is 58.4 Å². The highest BCUT2D eigenvalue weighted by molar-refractivity contribution is 5.92. The van der Waals surface area contributed by atoms with E-state index in [1.54, 1.807) is 0 Å². The van der Waals surface area contributed by atoms with E-state index in [-0.39, 0.29) is 0 Å². The first-order valence-electron chi connectivity index (χ1n) is 8.98. The quantitative estimate of drug-likeness (QED) is 0.606. The normalized spacial score (nSPS) is 17.9. The Morgan fingerprint density at radius 3 is 2.92 bits per heavy atom. The summed E-state index contributed by atoms with van der Waals surface area (Å²) in [4.78, 5) is 7.40. The van der Waals surface area contributed by atoms with E-state index in [1.807, 2.05) is 34.9 Å². The van der Waals surface area contributed by atoms with Crippen molar-refractivity contribution in [2.24, 2.45) is 0 Å². The van der Waals surface area contributed by atoms with Crippen LogP contribution < -0.4 is 10.2 Å². The van der Waals surface area contributed by atoms with Gasteiger partial charge in [-0.2, -0.15) is 0 Å². The molecule has 0 aliphatic carbocycles. The van der Waals surface area contributed by atoms with Gasteiger partial charge in [-0.25, -0.2) is 4.98 Å². The van der Waals surface area contributed by atoms with Crippen LogP contribution >= 0.6 is 0 Å². The molecule has 0 unspecified atom stereocenters. The van der Waals surface area contributed by atoms with Crippen LogP contribution in [0.4, 0.5) is 5.69 Å². The van der Waals surface area contributed by atoms with Gasteiger partial charge in [0.2, 0.25) is 0 Å². The summed E-state index contributed by atoms with van der Waals surface area (Å²) in [5.74, 6) is 0.769. The predicted molar refractivity (Wildman–Crippen MR) is 103 cm³/mol. The minimum Gasteiger partial charge on any atom is -0.367 e. The van der Waals surface area contributed by atoms with Crippen molar-refractivity contribution in [2.75, 3.05) is 24.5 Å². The molecule has 0 bridgehead atoms. The molecule has 4 heterocycles. The van der Waals surface area contributed by atoms with Crippen LogP contribution in [-0.2, 0) is 0 Å². The lowest BCUT2D eigenvalue weighted by atomic mass is 10.1. The lowest BCUT2D eigenvalue weighted by Gasteiger charge is -2.34. The highest BCUT2D eigenvalue weighted by Gasteiger charge is 2.19. The van der Waals surface area contributed by atoms with E-state index in [2.05, 4.69) is 51.6 Å². The molecule has 1 aliphatic rings. The first kappa shape index (κ1) is 15.3. The van der Waals surface area contributed by atoms with Crippen molar-refractivity contribution < 1.29 is 0 Å². The average molecular weight is 344 g/mol. The van der Waals surface area contributed by atoms with Crippen LogP contribution in [0.15, 0.2) is 54.7 Å². The van der Waals surface area contributed by atoms with E-state index in [4.69, 9.17) is 4.98 Å². The molecule has 3 aromatic heterocycles. The van der Waals surface area contributed by atoms with Gasteiger partial charge in [0.1, 0.15) is 5.69 Å². The van der Waals surface area contributed by atoms with Crippen LogP contribution in [0.3, 0.4) is 0 Å². The SMILES string of the molecule is C[C@@H]1CN(c2cccc3ccc(-c4nnc5ccccn45)nc23)CCN1. The standard InChI is InChI=1S/C20H20N6/c1-14-13-25(12-10-21-14)17-6-4-5-15-8-9-16(22-19(15)17)20-24-23-18-7-2-3-11-26(18)20/h2-9,11,14,21H,10,12-13H2,1H3/t14-/m1/s1. The highest BCUT2D eigenvalue weighted by atomic mass is 15.3. The summed E-state index contributed by atoms with van der Waals surface area (Å²) < 4.78 is 1.98. The molecule has 6 heteroatoms. The molecule has 26 heavy (non-hydrogen) atoms. The van der Waals surface area contributed by atoms with Crippen molar-refractivity contribution >= 4 is 22.2 Å². The number of pyridine rings is 2. The monoisotopic (exact) mass is 344 g/mol. The van der Waals surface area contributed by atoms with Crippen molar-refractivity contribution in [1.82, 2.24) is 24.9 Å². The third kappa shape index (κ3) is 2.50. The van der Waals surface area contributed by atoms with Crippen molar-refractivity contribution in [3.05, 3.63) is 54.7 Å². The number of rotatable bonds is 2. The van der Waals surface area contributed by atoms with Gasteiger partial charge in [-0.05, 0) is 31.2 Å². The third-order valence-electron chi connectivity index (χ3n) is 4.95. The van der Waals surface area contributed by atoms with Crippen molar-refractivity contribution in [3.8, 4) is 11.5 Å². The zero-order valence-electron chi connectivity index (χ0n) is 14.6. The van der Waals surface area contributed by atoms with Gasteiger partial charge in [0.15, 0.2) is 11.5 Å². The smallest absolute Gasteiger partial charge is 0.187 e. The molecule has 1 N–H and O–H groups in total. The Hall–Kier alpha value is -2.99. The van der Waals surface area contributed by atoms with E-state index < -0.39 is 0 Å². The molecule has 0 amide bonds. The van der Waals surface area contributed by atoms with Crippen LogP contribution in [0.5, 0.6) is 0 Å². The predicted octanol–water partition coefficient (Wildman–Crippen LogP) is 2.74. The largest absolute Gasteiger partial charge is 0.367 e. The Morgan fingerprint density at radius 2 is 2.00 bits per heavy atom. The van der Waals surface area contributed by atoms with E-state index in [9.17, 15) is 0 Å². The lowest BCUT2D eigenvalue weighted by Crippen LogP contribution is -2.49. The number of hydrogen-bond donors (Lipinski definition) is 1. The van der Waals surface area contributed by atoms with Gasteiger partial charge in [-0.1, -0.05) is 24.3 Å². The van der Waals surface area contributed by atoms with Crippen LogP contribution in [0.25, 0.3) is 28.1 Å². The van der Waals surface area contributed by atoms with Crippen LogP contribution in [0.2, 0.25) is 0 Å². The molecule has 0 radical (unpaired) electrons.